The zero-order valence-corrected chi connectivity index (χ0v) is 14.1. The number of hydrogen-bond acceptors (Lipinski definition) is 2. The van der Waals surface area contributed by atoms with Gasteiger partial charge in [0.25, 0.3) is 0 Å². The van der Waals surface area contributed by atoms with Crippen LogP contribution in [-0.4, -0.2) is 37.1 Å². The topological polar surface area (TPSA) is 35.6 Å². The molecule has 0 unspecified atom stereocenters. The lowest BCUT2D eigenvalue weighted by molar-refractivity contribution is 0.208. The molecule has 1 aliphatic heterocycles. The predicted octanol–water partition coefficient (Wildman–Crippen LogP) is 3.94. The third-order valence-electron chi connectivity index (χ3n) is 3.86. The van der Waals surface area contributed by atoms with Crippen molar-refractivity contribution in [3.05, 3.63) is 58.8 Å². The van der Waals surface area contributed by atoms with E-state index in [2.05, 4.69) is 38.3 Å². The van der Waals surface area contributed by atoms with E-state index in [1.807, 2.05) is 18.2 Å². The minimum atomic E-state index is -0.341. The fourth-order valence-corrected chi connectivity index (χ4v) is 3.04. The van der Waals surface area contributed by atoms with Gasteiger partial charge in [0.2, 0.25) is 0 Å². The molecule has 0 bridgehead atoms. The van der Waals surface area contributed by atoms with Gasteiger partial charge in [0.1, 0.15) is 5.82 Å². The fourth-order valence-electron chi connectivity index (χ4n) is 2.59. The second-order valence-corrected chi connectivity index (χ2v) is 6.22. The molecule has 2 aromatic carbocycles. The van der Waals surface area contributed by atoms with Crippen LogP contribution in [0.3, 0.4) is 0 Å². The van der Waals surface area contributed by atoms with Gasteiger partial charge in [-0.05, 0) is 46.3 Å². The molecule has 1 saturated heterocycles. The Hall–Kier alpha value is -2.08. The summed E-state index contributed by atoms with van der Waals surface area (Å²) in [5, 5.41) is 2.82. The molecule has 0 aliphatic carbocycles. The number of benzene rings is 2. The maximum Gasteiger partial charge on any atom is 0.321 e. The Morgan fingerprint density at radius 3 is 2.39 bits per heavy atom. The van der Waals surface area contributed by atoms with Crippen LogP contribution < -0.4 is 10.2 Å². The maximum atomic E-state index is 13.1. The van der Waals surface area contributed by atoms with Crippen LogP contribution in [0, 0.1) is 5.82 Å². The molecule has 23 heavy (non-hydrogen) atoms. The molecule has 3 rings (SSSR count). The smallest absolute Gasteiger partial charge is 0.321 e. The van der Waals surface area contributed by atoms with Crippen LogP contribution in [0.15, 0.2) is 53.0 Å². The quantitative estimate of drug-likeness (QED) is 0.859. The first kappa shape index (κ1) is 15.8. The van der Waals surface area contributed by atoms with Crippen LogP contribution in [0.25, 0.3) is 0 Å². The van der Waals surface area contributed by atoms with Crippen molar-refractivity contribution in [1.82, 2.24) is 4.90 Å². The molecule has 2 amide bonds. The lowest BCUT2D eigenvalue weighted by atomic mass is 10.2. The van der Waals surface area contributed by atoms with Crippen molar-refractivity contribution < 1.29 is 9.18 Å². The third-order valence-corrected chi connectivity index (χ3v) is 4.52. The molecule has 4 nitrogen and oxygen atoms in total. The summed E-state index contributed by atoms with van der Waals surface area (Å²) in [6.07, 6.45) is 0. The summed E-state index contributed by atoms with van der Waals surface area (Å²) in [6.45, 7) is 2.89. The Kier molecular flexibility index (Phi) is 4.81. The van der Waals surface area contributed by atoms with Crippen LogP contribution in [-0.2, 0) is 0 Å². The number of para-hydroxylation sites is 1. The van der Waals surface area contributed by atoms with Crippen LogP contribution in [0.5, 0.6) is 0 Å². The molecule has 0 atom stereocenters. The van der Waals surface area contributed by atoms with Gasteiger partial charge in [0.15, 0.2) is 0 Å². The lowest BCUT2D eigenvalue weighted by Crippen LogP contribution is -2.50. The number of halogens is 2. The molecule has 6 heteroatoms. The number of rotatable bonds is 2. The summed E-state index contributed by atoms with van der Waals surface area (Å²) in [5.74, 6) is -0.341. The first-order valence-electron chi connectivity index (χ1n) is 7.44. The minimum absolute atomic E-state index is 0.162. The number of nitrogens with one attached hydrogen (secondary N) is 1. The van der Waals surface area contributed by atoms with Crippen molar-refractivity contribution in [2.24, 2.45) is 0 Å². The molecule has 1 N–H and O–H groups in total. The molecule has 0 aromatic heterocycles. The molecule has 0 spiro atoms. The van der Waals surface area contributed by atoms with Crippen molar-refractivity contribution in [2.75, 3.05) is 36.4 Å². The first-order valence-corrected chi connectivity index (χ1v) is 8.24. The van der Waals surface area contributed by atoms with E-state index in [-0.39, 0.29) is 11.8 Å². The number of hydrogen-bond donors (Lipinski definition) is 1. The highest BCUT2D eigenvalue weighted by Gasteiger charge is 2.21. The van der Waals surface area contributed by atoms with Gasteiger partial charge in [-0.1, -0.05) is 18.2 Å². The highest BCUT2D eigenvalue weighted by atomic mass is 79.9. The molecular weight excluding hydrogens is 361 g/mol. The maximum absolute atomic E-state index is 13.1. The van der Waals surface area contributed by atoms with E-state index in [1.54, 1.807) is 11.0 Å². The van der Waals surface area contributed by atoms with Gasteiger partial charge in [0, 0.05) is 36.3 Å². The van der Waals surface area contributed by atoms with Crippen molar-refractivity contribution >= 4 is 33.3 Å². The number of carbonyl (C=O) groups is 1. The van der Waals surface area contributed by atoms with Gasteiger partial charge >= 0.3 is 6.03 Å². The molecule has 0 saturated carbocycles. The summed E-state index contributed by atoms with van der Waals surface area (Å²) in [5.41, 5.74) is 1.75. The summed E-state index contributed by atoms with van der Waals surface area (Å²) in [4.78, 5) is 16.4. The van der Waals surface area contributed by atoms with Gasteiger partial charge in [-0.3, -0.25) is 0 Å². The summed E-state index contributed by atoms with van der Waals surface area (Å²) in [7, 11) is 0. The standard InChI is InChI=1S/C17H17BrFN3O/c18-15-12-13(19)6-7-16(15)20-17(23)22-10-8-21(9-11-22)14-4-2-1-3-5-14/h1-7,12H,8-11H2,(H,20,23). The number of anilines is 2. The average Bonchev–Trinajstić information content (AvgIpc) is 2.58. The van der Waals surface area contributed by atoms with Crippen LogP contribution in [0.4, 0.5) is 20.6 Å². The zero-order valence-electron chi connectivity index (χ0n) is 12.5. The highest BCUT2D eigenvalue weighted by molar-refractivity contribution is 9.10. The molecule has 0 radical (unpaired) electrons. The Bertz CT molecular complexity index is 687. The SMILES string of the molecule is O=C(Nc1ccc(F)cc1Br)N1CCN(c2ccccc2)CC1. The van der Waals surface area contributed by atoms with E-state index in [4.69, 9.17) is 0 Å². The van der Waals surface area contributed by atoms with Gasteiger partial charge in [0.05, 0.1) is 5.69 Å². The summed E-state index contributed by atoms with van der Waals surface area (Å²) in [6, 6.07) is 14.2. The van der Waals surface area contributed by atoms with Gasteiger partial charge < -0.3 is 15.1 Å². The number of urea groups is 1. The number of carbonyl (C=O) groups excluding carboxylic acids is 1. The lowest BCUT2D eigenvalue weighted by Gasteiger charge is -2.36. The fraction of sp³-hybridized carbons (Fsp3) is 0.235. The van der Waals surface area contributed by atoms with Gasteiger partial charge in [-0.15, -0.1) is 0 Å². The number of nitrogens with zero attached hydrogens (tertiary/aromatic N) is 2. The second kappa shape index (κ2) is 7.00. The molecule has 120 valence electrons. The monoisotopic (exact) mass is 377 g/mol. The van der Waals surface area contributed by atoms with Crippen LogP contribution in [0.1, 0.15) is 0 Å². The van der Waals surface area contributed by atoms with E-state index in [1.165, 1.54) is 17.8 Å². The first-order chi connectivity index (χ1) is 11.1. The van der Waals surface area contributed by atoms with E-state index < -0.39 is 0 Å². The van der Waals surface area contributed by atoms with Crippen molar-refractivity contribution in [3.63, 3.8) is 0 Å². The number of amides is 2. The third kappa shape index (κ3) is 3.82. The normalized spacial score (nSPS) is 14.7. The largest absolute Gasteiger partial charge is 0.368 e. The van der Waals surface area contributed by atoms with E-state index in [0.717, 1.165) is 13.1 Å². The Labute approximate surface area is 143 Å². The van der Waals surface area contributed by atoms with E-state index in [0.29, 0.717) is 23.2 Å². The van der Waals surface area contributed by atoms with Crippen molar-refractivity contribution in [3.8, 4) is 0 Å². The molecule has 1 heterocycles. The van der Waals surface area contributed by atoms with Crippen molar-refractivity contribution in [2.45, 2.75) is 0 Å². The summed E-state index contributed by atoms with van der Waals surface area (Å²) >= 11 is 3.26. The molecule has 1 fully saturated rings. The van der Waals surface area contributed by atoms with Crippen LogP contribution >= 0.6 is 15.9 Å². The van der Waals surface area contributed by atoms with Crippen molar-refractivity contribution in [1.29, 1.82) is 0 Å². The van der Waals surface area contributed by atoms with E-state index >= 15 is 0 Å². The van der Waals surface area contributed by atoms with E-state index in [9.17, 15) is 9.18 Å². The zero-order chi connectivity index (χ0) is 16.2. The molecular formula is C17H17BrFN3O. The Morgan fingerprint density at radius 1 is 1.04 bits per heavy atom. The number of piperazine rings is 1. The summed E-state index contributed by atoms with van der Waals surface area (Å²) < 4.78 is 13.6. The second-order valence-electron chi connectivity index (χ2n) is 5.36. The Morgan fingerprint density at radius 2 is 1.74 bits per heavy atom. The highest BCUT2D eigenvalue weighted by Crippen LogP contribution is 2.23. The predicted molar refractivity (Wildman–Crippen MR) is 93.3 cm³/mol. The minimum Gasteiger partial charge on any atom is -0.368 e. The van der Waals surface area contributed by atoms with Gasteiger partial charge in [-0.2, -0.15) is 0 Å². The van der Waals surface area contributed by atoms with Gasteiger partial charge in [-0.25, -0.2) is 9.18 Å². The molecule has 1 aliphatic rings. The Balaban J connectivity index is 1.58. The van der Waals surface area contributed by atoms with Crippen LogP contribution in [0.2, 0.25) is 0 Å². The molecule has 2 aromatic rings. The average molecular weight is 378 g/mol.